The van der Waals surface area contributed by atoms with Crippen molar-refractivity contribution in [3.8, 4) is 11.5 Å². The van der Waals surface area contributed by atoms with Gasteiger partial charge in [-0.1, -0.05) is 34.1 Å². The molecule has 3 rings (SSSR count). The molecule has 1 saturated heterocycles. The van der Waals surface area contributed by atoms with Gasteiger partial charge in [-0.2, -0.15) is 4.31 Å². The number of hydrogen-bond donors (Lipinski definition) is 1. The molecule has 0 spiro atoms. The van der Waals surface area contributed by atoms with Gasteiger partial charge in [-0.25, -0.2) is 8.42 Å². The highest BCUT2D eigenvalue weighted by molar-refractivity contribution is 9.10. The molecule has 0 saturated carbocycles. The fraction of sp³-hybridized carbons (Fsp3) is 0.316. The summed E-state index contributed by atoms with van der Waals surface area (Å²) in [6.45, 7) is 1.50. The fourth-order valence-electron chi connectivity index (χ4n) is 2.74. The molecule has 0 radical (unpaired) electrons. The number of carbonyl (C=O) groups is 1. The van der Waals surface area contributed by atoms with E-state index in [1.165, 1.54) is 4.31 Å². The first-order valence-electron chi connectivity index (χ1n) is 8.82. The van der Waals surface area contributed by atoms with Crippen LogP contribution in [0.25, 0.3) is 0 Å². The van der Waals surface area contributed by atoms with Gasteiger partial charge in [-0.15, -0.1) is 0 Å². The maximum Gasteiger partial charge on any atom is 0.255 e. The zero-order valence-electron chi connectivity index (χ0n) is 15.1. The van der Waals surface area contributed by atoms with Crippen LogP contribution in [-0.4, -0.2) is 57.2 Å². The SMILES string of the molecule is O=C(NCCS(=O)(=O)N1CCOCC1)c1ccccc1Oc1cccc(Br)c1. The Morgan fingerprint density at radius 3 is 2.64 bits per heavy atom. The molecule has 9 heteroatoms. The Morgan fingerprint density at radius 1 is 1.14 bits per heavy atom. The summed E-state index contributed by atoms with van der Waals surface area (Å²) >= 11 is 3.38. The van der Waals surface area contributed by atoms with Crippen molar-refractivity contribution in [3.63, 3.8) is 0 Å². The maximum atomic E-state index is 12.6. The van der Waals surface area contributed by atoms with Gasteiger partial charge in [0.25, 0.3) is 5.91 Å². The first kappa shape index (κ1) is 20.8. The Bertz CT molecular complexity index is 929. The molecule has 1 fully saturated rings. The number of rotatable bonds is 7. The highest BCUT2D eigenvalue weighted by Gasteiger charge is 2.24. The quantitative estimate of drug-likeness (QED) is 0.674. The monoisotopic (exact) mass is 468 g/mol. The van der Waals surface area contributed by atoms with E-state index < -0.39 is 10.0 Å². The number of nitrogens with zero attached hydrogens (tertiary/aromatic N) is 1. The van der Waals surface area contributed by atoms with Gasteiger partial charge >= 0.3 is 0 Å². The lowest BCUT2D eigenvalue weighted by atomic mass is 10.2. The minimum Gasteiger partial charge on any atom is -0.456 e. The molecule has 150 valence electrons. The van der Waals surface area contributed by atoms with Gasteiger partial charge in [0.2, 0.25) is 10.0 Å². The van der Waals surface area contributed by atoms with E-state index in [-0.39, 0.29) is 18.2 Å². The summed E-state index contributed by atoms with van der Waals surface area (Å²) in [6.07, 6.45) is 0. The minimum atomic E-state index is -3.42. The average Bonchev–Trinajstić information content (AvgIpc) is 2.69. The highest BCUT2D eigenvalue weighted by Crippen LogP contribution is 2.27. The van der Waals surface area contributed by atoms with Crippen molar-refractivity contribution in [2.75, 3.05) is 38.6 Å². The summed E-state index contributed by atoms with van der Waals surface area (Å²) in [5, 5.41) is 2.67. The zero-order chi connectivity index (χ0) is 20.0. The van der Waals surface area contributed by atoms with Crippen LogP contribution < -0.4 is 10.1 Å². The normalized spacial score (nSPS) is 15.2. The van der Waals surface area contributed by atoms with E-state index in [2.05, 4.69) is 21.2 Å². The van der Waals surface area contributed by atoms with Crippen LogP contribution in [0.3, 0.4) is 0 Å². The predicted octanol–water partition coefficient (Wildman–Crippen LogP) is 2.63. The van der Waals surface area contributed by atoms with Crippen molar-refractivity contribution in [2.45, 2.75) is 0 Å². The van der Waals surface area contributed by atoms with E-state index in [0.29, 0.717) is 43.4 Å². The smallest absolute Gasteiger partial charge is 0.255 e. The van der Waals surface area contributed by atoms with Crippen molar-refractivity contribution in [1.29, 1.82) is 0 Å². The first-order chi connectivity index (χ1) is 13.5. The van der Waals surface area contributed by atoms with Gasteiger partial charge in [0.05, 0.1) is 24.5 Å². The lowest BCUT2D eigenvalue weighted by Crippen LogP contribution is -2.43. The van der Waals surface area contributed by atoms with Crippen molar-refractivity contribution < 1.29 is 22.7 Å². The molecule has 0 aromatic heterocycles. The summed E-state index contributed by atoms with van der Waals surface area (Å²) in [5.41, 5.74) is 0.339. The molecule has 0 unspecified atom stereocenters. The third-order valence-corrected chi connectivity index (χ3v) is 6.53. The third kappa shape index (κ3) is 5.54. The van der Waals surface area contributed by atoms with E-state index in [9.17, 15) is 13.2 Å². The largest absolute Gasteiger partial charge is 0.456 e. The number of amides is 1. The predicted molar refractivity (Wildman–Crippen MR) is 109 cm³/mol. The average molecular weight is 469 g/mol. The topological polar surface area (TPSA) is 84.9 Å². The second-order valence-corrected chi connectivity index (χ2v) is 9.14. The number of ether oxygens (including phenoxy) is 2. The van der Waals surface area contributed by atoms with Crippen LogP contribution in [0.4, 0.5) is 0 Å². The van der Waals surface area contributed by atoms with E-state index in [0.717, 1.165) is 4.47 Å². The maximum absolute atomic E-state index is 12.6. The van der Waals surface area contributed by atoms with Crippen molar-refractivity contribution in [1.82, 2.24) is 9.62 Å². The van der Waals surface area contributed by atoms with Gasteiger partial charge < -0.3 is 14.8 Å². The molecule has 1 N–H and O–H groups in total. The van der Waals surface area contributed by atoms with Crippen LogP contribution in [0, 0.1) is 0 Å². The molecule has 0 bridgehead atoms. The van der Waals surface area contributed by atoms with Crippen LogP contribution in [0.2, 0.25) is 0 Å². The minimum absolute atomic E-state index is 0.0176. The highest BCUT2D eigenvalue weighted by atomic mass is 79.9. The molecule has 28 heavy (non-hydrogen) atoms. The molecular formula is C19H21BrN2O5S. The Hall–Kier alpha value is -1.94. The molecule has 2 aromatic carbocycles. The van der Waals surface area contributed by atoms with E-state index in [1.54, 1.807) is 36.4 Å². The number of hydrogen-bond acceptors (Lipinski definition) is 5. The molecule has 1 aliphatic heterocycles. The van der Waals surface area contributed by atoms with Gasteiger partial charge in [0.15, 0.2) is 0 Å². The Morgan fingerprint density at radius 2 is 1.89 bits per heavy atom. The summed E-state index contributed by atoms with van der Waals surface area (Å²) in [4.78, 5) is 12.6. The van der Waals surface area contributed by atoms with Crippen LogP contribution >= 0.6 is 15.9 Å². The molecule has 1 heterocycles. The second kappa shape index (κ2) is 9.51. The molecule has 0 atom stereocenters. The number of para-hydroxylation sites is 1. The standard InChI is InChI=1S/C19H21BrN2O5S/c20-15-4-3-5-16(14-15)27-18-7-2-1-6-17(18)19(23)21-8-13-28(24,25)22-9-11-26-12-10-22/h1-7,14H,8-13H2,(H,21,23). The van der Waals surface area contributed by atoms with Crippen molar-refractivity contribution in [3.05, 3.63) is 58.6 Å². The fourth-order valence-corrected chi connectivity index (χ4v) is 4.45. The van der Waals surface area contributed by atoms with Gasteiger partial charge in [0, 0.05) is 24.1 Å². The van der Waals surface area contributed by atoms with Gasteiger partial charge in [0.1, 0.15) is 11.5 Å². The van der Waals surface area contributed by atoms with Gasteiger partial charge in [-0.3, -0.25) is 4.79 Å². The Labute approximate surface area is 172 Å². The number of nitrogens with one attached hydrogen (secondary N) is 1. The van der Waals surface area contributed by atoms with E-state index >= 15 is 0 Å². The third-order valence-electron chi connectivity index (χ3n) is 4.16. The number of sulfonamides is 1. The number of benzene rings is 2. The first-order valence-corrected chi connectivity index (χ1v) is 11.2. The summed E-state index contributed by atoms with van der Waals surface area (Å²) < 4.78 is 37.9. The van der Waals surface area contributed by atoms with Crippen LogP contribution in [0.15, 0.2) is 53.0 Å². The molecule has 1 aliphatic rings. The zero-order valence-corrected chi connectivity index (χ0v) is 17.5. The summed E-state index contributed by atoms with van der Waals surface area (Å²) in [5.74, 6) is 0.439. The number of halogens is 1. The van der Waals surface area contributed by atoms with Crippen LogP contribution in [0.1, 0.15) is 10.4 Å². The van der Waals surface area contributed by atoms with Crippen molar-refractivity contribution in [2.24, 2.45) is 0 Å². The number of carbonyl (C=O) groups excluding carboxylic acids is 1. The van der Waals surface area contributed by atoms with E-state index in [4.69, 9.17) is 9.47 Å². The van der Waals surface area contributed by atoms with Crippen LogP contribution in [0.5, 0.6) is 11.5 Å². The lowest BCUT2D eigenvalue weighted by Gasteiger charge is -2.26. The Balaban J connectivity index is 1.61. The molecule has 1 amide bonds. The van der Waals surface area contributed by atoms with Gasteiger partial charge in [-0.05, 0) is 30.3 Å². The van der Waals surface area contributed by atoms with Crippen LogP contribution in [-0.2, 0) is 14.8 Å². The lowest BCUT2D eigenvalue weighted by molar-refractivity contribution is 0.0730. The Kier molecular flexibility index (Phi) is 7.06. The number of morpholine rings is 1. The molecule has 2 aromatic rings. The molecule has 7 nitrogen and oxygen atoms in total. The van der Waals surface area contributed by atoms with Crippen molar-refractivity contribution >= 4 is 31.9 Å². The van der Waals surface area contributed by atoms with E-state index in [1.807, 2.05) is 12.1 Å². The summed E-state index contributed by atoms with van der Waals surface area (Å²) in [6, 6.07) is 14.1. The second-order valence-electron chi connectivity index (χ2n) is 6.14. The molecule has 0 aliphatic carbocycles. The summed E-state index contributed by atoms with van der Waals surface area (Å²) in [7, 11) is -3.42. The molecular weight excluding hydrogens is 448 g/mol.